The lowest BCUT2D eigenvalue weighted by molar-refractivity contribution is 0.0443. The Bertz CT molecular complexity index is 1270. The van der Waals surface area contributed by atoms with Crippen molar-refractivity contribution in [3.8, 4) is 0 Å². The second kappa shape index (κ2) is 11.5. The minimum absolute atomic E-state index is 0.0563. The van der Waals surface area contributed by atoms with Gasteiger partial charge in [-0.2, -0.15) is 0 Å². The number of nitrogens with zero attached hydrogens (tertiary/aromatic N) is 3. The molecule has 5 rings (SSSR count). The third-order valence-electron chi connectivity index (χ3n) is 7.38. The number of benzene rings is 2. The Labute approximate surface area is 225 Å². The summed E-state index contributed by atoms with van der Waals surface area (Å²) in [6.07, 6.45) is 2.62. The van der Waals surface area contributed by atoms with Crippen LogP contribution in [-0.2, 0) is 21.4 Å². The molecule has 202 valence electrons. The van der Waals surface area contributed by atoms with E-state index in [0.29, 0.717) is 31.6 Å². The number of halogens is 2. The third kappa shape index (κ3) is 5.34. The number of esters is 1. The highest BCUT2D eigenvalue weighted by Crippen LogP contribution is 2.45. The van der Waals surface area contributed by atoms with Crippen LogP contribution in [0, 0.1) is 11.6 Å². The maximum Gasteiger partial charge on any atom is 0.396 e. The van der Waals surface area contributed by atoms with Crippen LogP contribution in [0.1, 0.15) is 78.0 Å². The van der Waals surface area contributed by atoms with Crippen LogP contribution in [0.25, 0.3) is 0 Å². The Morgan fingerprint density at radius 2 is 1.89 bits per heavy atom. The van der Waals surface area contributed by atoms with Crippen molar-refractivity contribution in [2.75, 3.05) is 19.8 Å². The van der Waals surface area contributed by atoms with Crippen LogP contribution < -0.4 is 0 Å². The van der Waals surface area contributed by atoms with Gasteiger partial charge in [0.2, 0.25) is 5.89 Å². The zero-order valence-electron chi connectivity index (χ0n) is 21.5. The molecule has 2 aliphatic heterocycles. The van der Waals surface area contributed by atoms with Crippen LogP contribution in [-0.4, -0.2) is 46.3 Å². The molecule has 10 heteroatoms. The van der Waals surface area contributed by atoms with Gasteiger partial charge in [0.1, 0.15) is 11.6 Å². The Balaban J connectivity index is 1.42. The van der Waals surface area contributed by atoms with Crippen molar-refractivity contribution >= 4 is 17.9 Å². The van der Waals surface area contributed by atoms with E-state index in [0.717, 1.165) is 12.8 Å². The number of carbonyl (C=O) groups is 1. The number of hydrogen-bond donors (Lipinski definition) is 0. The molecule has 2 aromatic carbocycles. The fourth-order valence-corrected chi connectivity index (χ4v) is 6.57. The Morgan fingerprint density at radius 3 is 2.63 bits per heavy atom. The highest BCUT2D eigenvalue weighted by molar-refractivity contribution is 7.97. The monoisotopic (exact) mass is 543 g/mol. The quantitative estimate of drug-likeness (QED) is 0.266. The molecule has 0 bridgehead atoms. The maximum absolute atomic E-state index is 15.8. The zero-order valence-corrected chi connectivity index (χ0v) is 22.3. The largest absolute Gasteiger partial charge is 0.459 e. The molecule has 0 unspecified atom stereocenters. The van der Waals surface area contributed by atoms with Gasteiger partial charge in [0.25, 0.3) is 0 Å². The van der Waals surface area contributed by atoms with Crippen LogP contribution >= 0.6 is 11.9 Å². The smallest absolute Gasteiger partial charge is 0.396 e. The molecule has 3 heterocycles. The average Bonchev–Trinajstić information content (AvgIpc) is 3.44. The lowest BCUT2D eigenvalue weighted by atomic mass is 9.73. The number of aromatic nitrogens is 2. The SMILES string of the molecule is CCOC(=O)c1nnc(C2(c3cc(F)c(CN4S[C@@H](c5ccccc5)CC[C@@H]4C)cc3F)CCOCC2)o1. The predicted octanol–water partition coefficient (Wildman–Crippen LogP) is 5.99. The zero-order chi connectivity index (χ0) is 26.7. The summed E-state index contributed by atoms with van der Waals surface area (Å²) < 4.78 is 49.7. The van der Waals surface area contributed by atoms with Gasteiger partial charge in [0.05, 0.1) is 12.0 Å². The minimum atomic E-state index is -1.11. The molecular formula is C28H31F2N3O4S. The molecule has 2 atom stereocenters. The number of rotatable bonds is 7. The van der Waals surface area contributed by atoms with E-state index in [1.165, 1.54) is 17.7 Å². The predicted molar refractivity (Wildman–Crippen MR) is 138 cm³/mol. The molecule has 2 saturated heterocycles. The van der Waals surface area contributed by atoms with Crippen LogP contribution in [0.4, 0.5) is 8.78 Å². The summed E-state index contributed by atoms with van der Waals surface area (Å²) in [5, 5.41) is 8.14. The number of ether oxygens (including phenoxy) is 2. The topological polar surface area (TPSA) is 77.7 Å². The van der Waals surface area contributed by atoms with E-state index < -0.39 is 23.0 Å². The van der Waals surface area contributed by atoms with E-state index in [1.807, 2.05) is 18.2 Å². The lowest BCUT2D eigenvalue weighted by Gasteiger charge is -2.37. The molecule has 0 radical (unpaired) electrons. The molecule has 0 saturated carbocycles. The molecule has 2 aliphatic rings. The fourth-order valence-electron chi connectivity index (χ4n) is 5.20. The molecular weight excluding hydrogens is 512 g/mol. The molecule has 0 amide bonds. The van der Waals surface area contributed by atoms with Crippen molar-refractivity contribution in [3.63, 3.8) is 0 Å². The highest BCUT2D eigenvalue weighted by atomic mass is 32.2. The van der Waals surface area contributed by atoms with Gasteiger partial charge in [-0.25, -0.2) is 17.9 Å². The summed E-state index contributed by atoms with van der Waals surface area (Å²) in [5.74, 6) is -2.05. The third-order valence-corrected chi connectivity index (χ3v) is 8.90. The van der Waals surface area contributed by atoms with Crippen LogP contribution in [0.2, 0.25) is 0 Å². The van der Waals surface area contributed by atoms with E-state index in [2.05, 4.69) is 33.6 Å². The van der Waals surface area contributed by atoms with Gasteiger partial charge >= 0.3 is 11.9 Å². The lowest BCUT2D eigenvalue weighted by Crippen LogP contribution is -2.37. The second-order valence-corrected chi connectivity index (χ2v) is 11.0. The molecule has 0 N–H and O–H groups in total. The number of carbonyl (C=O) groups excluding carboxylic acids is 1. The molecule has 0 spiro atoms. The summed E-state index contributed by atoms with van der Waals surface area (Å²) in [7, 11) is 0. The summed E-state index contributed by atoms with van der Waals surface area (Å²) in [6, 6.07) is 13.0. The first-order valence-electron chi connectivity index (χ1n) is 13.0. The molecule has 38 heavy (non-hydrogen) atoms. The molecule has 0 aliphatic carbocycles. The Kier molecular flexibility index (Phi) is 8.11. The van der Waals surface area contributed by atoms with Crippen LogP contribution in [0.5, 0.6) is 0 Å². The van der Waals surface area contributed by atoms with Crippen LogP contribution in [0.3, 0.4) is 0 Å². The van der Waals surface area contributed by atoms with Crippen LogP contribution in [0.15, 0.2) is 46.9 Å². The molecule has 7 nitrogen and oxygen atoms in total. The van der Waals surface area contributed by atoms with Gasteiger partial charge in [-0.3, -0.25) is 0 Å². The van der Waals surface area contributed by atoms with Gasteiger partial charge in [-0.1, -0.05) is 42.3 Å². The first-order chi connectivity index (χ1) is 18.4. The Morgan fingerprint density at radius 1 is 1.13 bits per heavy atom. The summed E-state index contributed by atoms with van der Waals surface area (Å²) in [4.78, 5) is 12.1. The van der Waals surface area contributed by atoms with Crippen molar-refractivity contribution in [2.24, 2.45) is 0 Å². The first kappa shape index (κ1) is 26.8. The molecule has 3 aromatic rings. The van der Waals surface area contributed by atoms with Crippen molar-refractivity contribution in [1.82, 2.24) is 14.5 Å². The van der Waals surface area contributed by atoms with Gasteiger partial charge in [0.15, 0.2) is 0 Å². The highest BCUT2D eigenvalue weighted by Gasteiger charge is 2.44. The number of hydrogen-bond acceptors (Lipinski definition) is 8. The minimum Gasteiger partial charge on any atom is -0.459 e. The van der Waals surface area contributed by atoms with Gasteiger partial charge < -0.3 is 13.9 Å². The van der Waals surface area contributed by atoms with E-state index >= 15 is 8.78 Å². The van der Waals surface area contributed by atoms with Gasteiger partial charge in [-0.15, -0.1) is 10.2 Å². The van der Waals surface area contributed by atoms with Crippen molar-refractivity contribution < 1.29 is 27.5 Å². The standard InChI is InChI=1S/C28H31F2N3O4S/c1-3-36-26(34)25-31-32-27(37-25)28(11-13-35-14-12-28)21-16-22(29)20(15-23(21)30)17-33-18(2)9-10-24(38-33)19-7-5-4-6-8-19/h4-8,15-16,18,24H,3,9-14,17H2,1-2H3/t18-,24+/m0/s1. The van der Waals surface area contributed by atoms with Crippen molar-refractivity contribution in [2.45, 2.75) is 62.8 Å². The summed E-state index contributed by atoms with van der Waals surface area (Å²) in [6.45, 7) is 4.83. The normalized spacial score (nSPS) is 21.8. The fraction of sp³-hybridized carbons (Fsp3) is 0.464. The van der Waals surface area contributed by atoms with Gasteiger partial charge in [-0.05, 0) is 57.2 Å². The van der Waals surface area contributed by atoms with E-state index in [4.69, 9.17) is 13.9 Å². The second-order valence-electron chi connectivity index (χ2n) is 9.76. The molecule has 2 fully saturated rings. The van der Waals surface area contributed by atoms with Crippen molar-refractivity contribution in [1.29, 1.82) is 0 Å². The first-order valence-corrected chi connectivity index (χ1v) is 13.8. The maximum atomic E-state index is 15.8. The average molecular weight is 544 g/mol. The Hall–Kier alpha value is -2.82. The van der Waals surface area contributed by atoms with E-state index in [1.54, 1.807) is 18.9 Å². The van der Waals surface area contributed by atoms with Gasteiger partial charge in [0, 0.05) is 42.2 Å². The summed E-state index contributed by atoms with van der Waals surface area (Å²) in [5.41, 5.74) is 0.548. The van der Waals surface area contributed by atoms with E-state index in [-0.39, 0.29) is 41.8 Å². The van der Waals surface area contributed by atoms with Crippen molar-refractivity contribution in [3.05, 3.63) is 82.6 Å². The van der Waals surface area contributed by atoms with E-state index in [9.17, 15) is 4.79 Å². The summed E-state index contributed by atoms with van der Waals surface area (Å²) >= 11 is 1.69. The molecule has 1 aromatic heterocycles.